The third kappa shape index (κ3) is 4.18. The van der Waals surface area contributed by atoms with Crippen LogP contribution >= 0.6 is 11.8 Å². The van der Waals surface area contributed by atoms with Crippen molar-refractivity contribution in [3.05, 3.63) is 71.0 Å². The molecule has 0 bridgehead atoms. The summed E-state index contributed by atoms with van der Waals surface area (Å²) in [6.45, 7) is 4.34. The Hall–Kier alpha value is -3.26. The number of carbonyl (C=O) groups excluding carboxylic acids is 1. The Bertz CT molecular complexity index is 1090. The number of hydrogen-bond donors (Lipinski definition) is 1. The van der Waals surface area contributed by atoms with Crippen molar-refractivity contribution in [3.8, 4) is 5.75 Å². The highest BCUT2D eigenvalue weighted by Gasteiger charge is 2.36. The number of halogens is 1. The number of nitrogens with zero attached hydrogens (tertiary/aromatic N) is 3. The molecule has 0 unspecified atom stereocenters. The second-order valence-electron chi connectivity index (χ2n) is 7.10. The fraction of sp³-hybridized carbons (Fsp3) is 0.182. The third-order valence-corrected chi connectivity index (χ3v) is 5.68. The molecular formula is C22H19FN4O2S. The summed E-state index contributed by atoms with van der Waals surface area (Å²) in [5.41, 5.74) is 1.80. The zero-order valence-corrected chi connectivity index (χ0v) is 17.2. The summed E-state index contributed by atoms with van der Waals surface area (Å²) in [6.07, 6.45) is 1.63. The first-order chi connectivity index (χ1) is 14.4. The lowest BCUT2D eigenvalue weighted by molar-refractivity contribution is -0.114. The second-order valence-corrected chi connectivity index (χ2v) is 8.08. The molecule has 2 aromatic carbocycles. The van der Waals surface area contributed by atoms with E-state index in [9.17, 15) is 9.18 Å². The average molecular weight is 422 g/mol. The van der Waals surface area contributed by atoms with Gasteiger partial charge in [-0.3, -0.25) is 10.2 Å². The van der Waals surface area contributed by atoms with E-state index < -0.39 is 5.91 Å². The van der Waals surface area contributed by atoms with E-state index in [1.54, 1.807) is 42.5 Å². The van der Waals surface area contributed by atoms with Crippen molar-refractivity contribution in [2.24, 2.45) is 16.0 Å². The minimum absolute atomic E-state index is 0.0183. The Morgan fingerprint density at radius 3 is 2.53 bits per heavy atom. The van der Waals surface area contributed by atoms with Crippen LogP contribution in [0.4, 0.5) is 4.39 Å². The normalized spacial score (nSPS) is 17.3. The summed E-state index contributed by atoms with van der Waals surface area (Å²) in [5.74, 6) is 0.129. The zero-order valence-electron chi connectivity index (χ0n) is 16.4. The number of rotatable bonds is 5. The van der Waals surface area contributed by atoms with Gasteiger partial charge in [-0.05, 0) is 53.2 Å². The number of hydrogen-bond acceptors (Lipinski definition) is 5. The van der Waals surface area contributed by atoms with Crippen LogP contribution in [0.5, 0.6) is 5.75 Å². The maximum absolute atomic E-state index is 13.0. The van der Waals surface area contributed by atoms with Gasteiger partial charge in [0, 0.05) is 5.92 Å². The number of benzene rings is 2. The topological polar surface area (TPSA) is 78.1 Å². The van der Waals surface area contributed by atoms with E-state index in [1.807, 2.05) is 13.8 Å². The molecule has 2 aliphatic rings. The summed E-state index contributed by atoms with van der Waals surface area (Å²) < 4.78 is 18.7. The number of nitrogens with one attached hydrogen (secondary N) is 1. The molecule has 0 aliphatic carbocycles. The number of carbonyl (C=O) groups is 1. The Morgan fingerprint density at radius 1 is 1.17 bits per heavy atom. The van der Waals surface area contributed by atoms with Gasteiger partial charge >= 0.3 is 0 Å². The monoisotopic (exact) mass is 422 g/mol. The molecule has 0 aromatic heterocycles. The summed E-state index contributed by atoms with van der Waals surface area (Å²) in [7, 11) is 0. The fourth-order valence-corrected chi connectivity index (χ4v) is 3.71. The molecule has 1 N–H and O–H groups in total. The SMILES string of the molecule is CC(C)C1=NN2C(=N)C(=Cc3ccc(OCc4ccc(F)cc4)cc3)C(=O)N=C2S1. The molecule has 0 saturated heterocycles. The first-order valence-corrected chi connectivity index (χ1v) is 10.2. The van der Waals surface area contributed by atoms with Crippen molar-refractivity contribution in [3.63, 3.8) is 0 Å². The number of ether oxygens (including phenoxy) is 1. The Kier molecular flexibility index (Phi) is 5.50. The largest absolute Gasteiger partial charge is 0.489 e. The molecule has 4 rings (SSSR count). The van der Waals surface area contributed by atoms with Crippen LogP contribution in [0.15, 0.2) is 64.2 Å². The van der Waals surface area contributed by atoms with E-state index in [-0.39, 0.29) is 23.1 Å². The first kappa shape index (κ1) is 20.0. The van der Waals surface area contributed by atoms with Crippen LogP contribution in [-0.4, -0.2) is 27.0 Å². The number of thioether (sulfide) groups is 1. The van der Waals surface area contributed by atoms with Gasteiger partial charge < -0.3 is 4.74 Å². The Morgan fingerprint density at radius 2 is 1.87 bits per heavy atom. The van der Waals surface area contributed by atoms with Gasteiger partial charge in [0.25, 0.3) is 5.91 Å². The molecule has 2 heterocycles. The number of hydrazone groups is 1. The van der Waals surface area contributed by atoms with E-state index in [0.717, 1.165) is 16.2 Å². The van der Waals surface area contributed by atoms with Gasteiger partial charge in [0.1, 0.15) is 23.2 Å². The minimum atomic E-state index is -0.449. The predicted molar refractivity (Wildman–Crippen MR) is 117 cm³/mol. The quantitative estimate of drug-likeness (QED) is 0.710. The van der Waals surface area contributed by atoms with Crippen LogP contribution < -0.4 is 4.74 Å². The van der Waals surface area contributed by atoms with E-state index in [4.69, 9.17) is 10.1 Å². The third-order valence-electron chi connectivity index (χ3n) is 4.47. The van der Waals surface area contributed by atoms with Crippen LogP contribution in [0, 0.1) is 17.1 Å². The van der Waals surface area contributed by atoms with E-state index in [1.165, 1.54) is 28.9 Å². The molecule has 0 fully saturated rings. The molecule has 1 amide bonds. The van der Waals surface area contributed by atoms with Crippen LogP contribution in [0.25, 0.3) is 6.08 Å². The molecule has 0 atom stereocenters. The zero-order chi connectivity index (χ0) is 21.3. The summed E-state index contributed by atoms with van der Waals surface area (Å²) >= 11 is 1.32. The highest BCUT2D eigenvalue weighted by atomic mass is 32.2. The minimum Gasteiger partial charge on any atom is -0.489 e. The highest BCUT2D eigenvalue weighted by molar-refractivity contribution is 8.27. The first-order valence-electron chi connectivity index (χ1n) is 9.38. The number of amides is 1. The van der Waals surface area contributed by atoms with Gasteiger partial charge in [0.05, 0.1) is 5.57 Å². The van der Waals surface area contributed by atoms with Crippen molar-refractivity contribution in [2.45, 2.75) is 20.5 Å². The molecule has 2 aliphatic heterocycles. The maximum atomic E-state index is 13.0. The van der Waals surface area contributed by atoms with Crippen LogP contribution in [0.2, 0.25) is 0 Å². The lowest BCUT2D eigenvalue weighted by atomic mass is 10.1. The predicted octanol–water partition coefficient (Wildman–Crippen LogP) is 4.68. The number of fused-ring (bicyclic) bond motifs is 1. The summed E-state index contributed by atoms with van der Waals surface area (Å²) in [6, 6.07) is 13.3. The molecule has 0 radical (unpaired) electrons. The molecule has 6 nitrogen and oxygen atoms in total. The smallest absolute Gasteiger partial charge is 0.283 e. The van der Waals surface area contributed by atoms with Gasteiger partial charge in [-0.25, -0.2) is 4.39 Å². The molecule has 2 aromatic rings. The number of amidine groups is 2. The van der Waals surface area contributed by atoms with Crippen LogP contribution in [-0.2, 0) is 11.4 Å². The Balaban J connectivity index is 1.47. The van der Waals surface area contributed by atoms with Crippen LogP contribution in [0.3, 0.4) is 0 Å². The van der Waals surface area contributed by atoms with Gasteiger partial charge in [-0.15, -0.1) is 0 Å². The van der Waals surface area contributed by atoms with Crippen molar-refractivity contribution >= 4 is 39.8 Å². The number of aliphatic imine (C=N–C) groups is 1. The Labute approximate surface area is 177 Å². The van der Waals surface area contributed by atoms with Crippen molar-refractivity contribution in [2.75, 3.05) is 0 Å². The lowest BCUT2D eigenvalue weighted by Crippen LogP contribution is -2.35. The molecular weight excluding hydrogens is 403 g/mol. The lowest BCUT2D eigenvalue weighted by Gasteiger charge is -2.20. The average Bonchev–Trinajstić information content (AvgIpc) is 3.16. The standard InChI is InChI=1S/C22H19FN4O2S/c1-13(2)21-26-27-19(24)18(20(28)25-22(27)30-21)11-14-5-9-17(10-6-14)29-12-15-3-7-16(23)8-4-15/h3-11,13,24H,12H2,1-2H3. The van der Waals surface area contributed by atoms with Crippen molar-refractivity contribution in [1.82, 2.24) is 5.01 Å². The maximum Gasteiger partial charge on any atom is 0.283 e. The van der Waals surface area contributed by atoms with Gasteiger partial charge in [0.15, 0.2) is 5.84 Å². The summed E-state index contributed by atoms with van der Waals surface area (Å²) in [4.78, 5) is 16.5. The summed E-state index contributed by atoms with van der Waals surface area (Å²) in [5, 5.41) is 15.5. The fourth-order valence-electron chi connectivity index (χ4n) is 2.81. The highest BCUT2D eigenvalue weighted by Crippen LogP contribution is 2.30. The van der Waals surface area contributed by atoms with Gasteiger partial charge in [-0.2, -0.15) is 15.1 Å². The molecule has 0 saturated carbocycles. The molecule has 8 heteroatoms. The molecule has 152 valence electrons. The van der Waals surface area contributed by atoms with E-state index in [0.29, 0.717) is 17.5 Å². The van der Waals surface area contributed by atoms with Crippen molar-refractivity contribution < 1.29 is 13.9 Å². The van der Waals surface area contributed by atoms with Gasteiger partial charge in [0.2, 0.25) is 5.17 Å². The molecule has 30 heavy (non-hydrogen) atoms. The van der Waals surface area contributed by atoms with E-state index >= 15 is 0 Å². The van der Waals surface area contributed by atoms with Crippen LogP contribution in [0.1, 0.15) is 25.0 Å². The van der Waals surface area contributed by atoms with Crippen molar-refractivity contribution in [1.29, 1.82) is 5.41 Å². The second kappa shape index (κ2) is 8.23. The van der Waals surface area contributed by atoms with Gasteiger partial charge in [-0.1, -0.05) is 38.1 Å². The van der Waals surface area contributed by atoms with E-state index in [2.05, 4.69) is 10.1 Å². The molecule has 0 spiro atoms.